The Balaban J connectivity index is 1.85. The first-order valence-corrected chi connectivity index (χ1v) is 8.83. The second-order valence-corrected chi connectivity index (χ2v) is 6.65. The van der Waals surface area contributed by atoms with E-state index in [0.29, 0.717) is 10.6 Å². The van der Waals surface area contributed by atoms with Crippen molar-refractivity contribution in [3.63, 3.8) is 0 Å². The van der Waals surface area contributed by atoms with E-state index in [1.807, 2.05) is 29.0 Å². The zero-order valence-corrected chi connectivity index (χ0v) is 14.5. The molecule has 1 aromatic heterocycles. The van der Waals surface area contributed by atoms with E-state index in [0.717, 1.165) is 11.1 Å². The molecular weight excluding hydrogens is 364 g/mol. The molecule has 1 N–H and O–H groups in total. The normalized spacial score (nSPS) is 12.2. The molecule has 128 valence electrons. The van der Waals surface area contributed by atoms with Crippen LogP contribution in [0.4, 0.5) is 8.78 Å². The highest BCUT2D eigenvalue weighted by molar-refractivity contribution is 7.08. The summed E-state index contributed by atoms with van der Waals surface area (Å²) in [6.07, 6.45) is -2.55. The van der Waals surface area contributed by atoms with Crippen LogP contribution >= 0.6 is 22.9 Å². The van der Waals surface area contributed by atoms with Crippen molar-refractivity contribution in [2.45, 2.75) is 12.5 Å². The van der Waals surface area contributed by atoms with Crippen molar-refractivity contribution in [2.24, 2.45) is 0 Å². The molecule has 1 amide bonds. The first kappa shape index (κ1) is 17.6. The number of hydrogen-bond donors (Lipinski definition) is 1. The van der Waals surface area contributed by atoms with Crippen LogP contribution in [0.5, 0.6) is 0 Å². The molecule has 0 bridgehead atoms. The van der Waals surface area contributed by atoms with Crippen molar-refractivity contribution in [1.29, 1.82) is 0 Å². The Labute approximate surface area is 153 Å². The highest BCUT2D eigenvalue weighted by Crippen LogP contribution is 2.26. The molecule has 0 radical (unpaired) electrons. The summed E-state index contributed by atoms with van der Waals surface area (Å²) in [6, 6.07) is 14.2. The largest absolute Gasteiger partial charge is 0.341 e. The number of carbonyl (C=O) groups is 1. The fourth-order valence-corrected chi connectivity index (χ4v) is 3.26. The van der Waals surface area contributed by atoms with E-state index in [1.165, 1.54) is 35.6 Å². The summed E-state index contributed by atoms with van der Waals surface area (Å²) in [5.41, 5.74) is 2.06. The van der Waals surface area contributed by atoms with Crippen molar-refractivity contribution in [2.75, 3.05) is 0 Å². The molecule has 0 fully saturated rings. The summed E-state index contributed by atoms with van der Waals surface area (Å²) < 4.78 is 25.3. The minimum Gasteiger partial charge on any atom is -0.341 e. The smallest absolute Gasteiger partial charge is 0.263 e. The Morgan fingerprint density at radius 1 is 0.920 bits per heavy atom. The molecule has 0 aliphatic rings. The minimum absolute atomic E-state index is 0.108. The lowest BCUT2D eigenvalue weighted by Gasteiger charge is -2.19. The van der Waals surface area contributed by atoms with Crippen LogP contribution in [0.15, 0.2) is 65.4 Å². The van der Waals surface area contributed by atoms with Crippen molar-refractivity contribution in [3.8, 4) is 0 Å². The molecular formula is C19H14ClF2NOS. The molecule has 3 aromatic rings. The fourth-order valence-electron chi connectivity index (χ4n) is 2.45. The van der Waals surface area contributed by atoms with Gasteiger partial charge in [-0.25, -0.2) is 8.78 Å². The number of carbonyl (C=O) groups excluding carboxylic acids is 1. The maximum absolute atomic E-state index is 12.6. The molecule has 2 aromatic carbocycles. The van der Waals surface area contributed by atoms with Gasteiger partial charge < -0.3 is 5.32 Å². The number of nitrogens with one attached hydrogen (secondary N) is 1. The van der Waals surface area contributed by atoms with Gasteiger partial charge in [0.25, 0.3) is 12.3 Å². The van der Waals surface area contributed by atoms with Gasteiger partial charge in [0.05, 0.1) is 6.04 Å². The van der Waals surface area contributed by atoms with Gasteiger partial charge in [0, 0.05) is 16.1 Å². The van der Waals surface area contributed by atoms with E-state index < -0.39 is 6.43 Å². The molecule has 2 nitrogen and oxygen atoms in total. The molecule has 3 rings (SSSR count). The Morgan fingerprint density at radius 3 is 2.12 bits per heavy atom. The lowest BCUT2D eigenvalue weighted by Crippen LogP contribution is -2.29. The Morgan fingerprint density at radius 2 is 1.56 bits per heavy atom. The van der Waals surface area contributed by atoms with Gasteiger partial charge in [-0.3, -0.25) is 4.79 Å². The number of amides is 1. The van der Waals surface area contributed by atoms with Crippen LogP contribution in [0.1, 0.15) is 39.5 Å². The third kappa shape index (κ3) is 4.24. The second-order valence-electron chi connectivity index (χ2n) is 5.44. The summed E-state index contributed by atoms with van der Waals surface area (Å²) in [7, 11) is 0. The average Bonchev–Trinajstić information content (AvgIpc) is 3.15. The number of benzene rings is 2. The predicted molar refractivity (Wildman–Crippen MR) is 96.5 cm³/mol. The highest BCUT2D eigenvalue weighted by Gasteiger charge is 2.18. The molecule has 1 unspecified atom stereocenters. The Kier molecular flexibility index (Phi) is 5.46. The van der Waals surface area contributed by atoms with E-state index >= 15 is 0 Å². The summed E-state index contributed by atoms with van der Waals surface area (Å²) >= 11 is 7.47. The molecule has 0 saturated carbocycles. The number of alkyl halides is 2. The van der Waals surface area contributed by atoms with Crippen molar-refractivity contribution in [1.82, 2.24) is 5.32 Å². The van der Waals surface area contributed by atoms with E-state index in [-0.39, 0.29) is 17.5 Å². The van der Waals surface area contributed by atoms with E-state index in [9.17, 15) is 13.6 Å². The number of rotatable bonds is 5. The third-order valence-electron chi connectivity index (χ3n) is 3.78. The van der Waals surface area contributed by atoms with Gasteiger partial charge in [-0.2, -0.15) is 11.3 Å². The van der Waals surface area contributed by atoms with Crippen LogP contribution in [0, 0.1) is 0 Å². The maximum atomic E-state index is 12.6. The Bertz CT molecular complexity index is 833. The van der Waals surface area contributed by atoms with Gasteiger partial charge in [-0.1, -0.05) is 35.9 Å². The van der Waals surface area contributed by atoms with Crippen LogP contribution in [0.25, 0.3) is 0 Å². The van der Waals surface area contributed by atoms with Gasteiger partial charge in [0.1, 0.15) is 0 Å². The van der Waals surface area contributed by atoms with Gasteiger partial charge in [-0.05, 0) is 52.2 Å². The van der Waals surface area contributed by atoms with Gasteiger partial charge in [0.15, 0.2) is 0 Å². The predicted octanol–water partition coefficient (Wildman–Crippen LogP) is 5.86. The summed E-state index contributed by atoms with van der Waals surface area (Å²) in [6.45, 7) is 0. The summed E-state index contributed by atoms with van der Waals surface area (Å²) in [5.74, 6) is -0.327. The monoisotopic (exact) mass is 377 g/mol. The minimum atomic E-state index is -2.55. The number of thiophene rings is 1. The van der Waals surface area contributed by atoms with Crippen LogP contribution in [-0.2, 0) is 0 Å². The summed E-state index contributed by atoms with van der Waals surface area (Å²) in [4.78, 5) is 12.6. The van der Waals surface area contributed by atoms with Gasteiger partial charge in [0.2, 0.25) is 0 Å². The first-order chi connectivity index (χ1) is 12.0. The zero-order valence-electron chi connectivity index (χ0n) is 13.0. The summed E-state index contributed by atoms with van der Waals surface area (Å²) in [5, 5.41) is 7.46. The highest BCUT2D eigenvalue weighted by atomic mass is 35.5. The van der Waals surface area contributed by atoms with Crippen molar-refractivity contribution < 1.29 is 13.6 Å². The van der Waals surface area contributed by atoms with Gasteiger partial charge in [-0.15, -0.1) is 0 Å². The molecule has 1 atom stereocenters. The second kappa shape index (κ2) is 7.76. The number of hydrogen-bond acceptors (Lipinski definition) is 2. The fraction of sp³-hybridized carbons (Fsp3) is 0.105. The van der Waals surface area contributed by atoms with Crippen LogP contribution < -0.4 is 5.32 Å². The molecule has 0 aliphatic carbocycles. The molecule has 0 spiro atoms. The van der Waals surface area contributed by atoms with Crippen molar-refractivity contribution in [3.05, 3.63) is 92.6 Å². The average molecular weight is 378 g/mol. The van der Waals surface area contributed by atoms with Crippen molar-refractivity contribution >= 4 is 28.8 Å². The molecule has 1 heterocycles. The van der Waals surface area contributed by atoms with Crippen LogP contribution in [0.3, 0.4) is 0 Å². The van der Waals surface area contributed by atoms with E-state index in [4.69, 9.17) is 11.6 Å². The van der Waals surface area contributed by atoms with Crippen LogP contribution in [0.2, 0.25) is 5.02 Å². The maximum Gasteiger partial charge on any atom is 0.263 e. The molecule has 6 heteroatoms. The number of halogens is 3. The van der Waals surface area contributed by atoms with Crippen LogP contribution in [-0.4, -0.2) is 5.91 Å². The third-order valence-corrected chi connectivity index (χ3v) is 4.73. The zero-order chi connectivity index (χ0) is 17.8. The van der Waals surface area contributed by atoms with Gasteiger partial charge >= 0.3 is 0 Å². The van der Waals surface area contributed by atoms with E-state index in [2.05, 4.69) is 5.32 Å². The molecule has 0 aliphatic heterocycles. The standard InChI is InChI=1S/C19H14ClF2NOS/c20-16-7-5-12(6-8-16)17(15-9-10-25-11-15)23-19(24)14-3-1-13(2-4-14)18(21)22/h1-11,17-18H,(H,23,24). The first-order valence-electron chi connectivity index (χ1n) is 7.51. The SMILES string of the molecule is O=C(NC(c1ccc(Cl)cc1)c1ccsc1)c1ccc(C(F)F)cc1. The topological polar surface area (TPSA) is 29.1 Å². The Hall–Kier alpha value is -2.24. The lowest BCUT2D eigenvalue weighted by atomic mass is 10.0. The molecule has 0 saturated heterocycles. The quantitative estimate of drug-likeness (QED) is 0.593. The molecule has 25 heavy (non-hydrogen) atoms. The lowest BCUT2D eigenvalue weighted by molar-refractivity contribution is 0.0942. The van der Waals surface area contributed by atoms with E-state index in [1.54, 1.807) is 12.1 Å².